The fourth-order valence-corrected chi connectivity index (χ4v) is 3.34. The summed E-state index contributed by atoms with van der Waals surface area (Å²) >= 11 is 0. The lowest BCUT2D eigenvalue weighted by Crippen LogP contribution is -2.41. The zero-order chi connectivity index (χ0) is 21.8. The van der Waals surface area contributed by atoms with Gasteiger partial charge in [0.1, 0.15) is 5.75 Å². The summed E-state index contributed by atoms with van der Waals surface area (Å²) in [5, 5.41) is 19.5. The van der Waals surface area contributed by atoms with Crippen molar-refractivity contribution in [2.45, 2.75) is 64.2 Å². The molecule has 1 aliphatic carbocycles. The number of amides is 1. The Morgan fingerprint density at radius 1 is 1.19 bits per heavy atom. The standard InChI is InChI=1S/C21H32F2N4O3.HI/c1-2-24-21(25-13-12-19(29)27-16-6-4-3-5-7-16)26-14-18(28)15-8-10-17(11-9-15)30-20(22)23;/h8-11,16,18,20,28H,2-7,12-14H2,1H3,(H,27,29)(H2,24,25,26);1H. The Hall–Kier alpha value is -1.69. The third kappa shape index (κ3) is 10.9. The van der Waals surface area contributed by atoms with Crippen LogP contribution in [0.15, 0.2) is 29.3 Å². The molecular formula is C21H33F2IN4O3. The lowest BCUT2D eigenvalue weighted by atomic mass is 9.95. The predicted octanol–water partition coefficient (Wildman–Crippen LogP) is 3.33. The quantitative estimate of drug-likeness (QED) is 0.202. The monoisotopic (exact) mass is 554 g/mol. The van der Waals surface area contributed by atoms with Crippen LogP contribution in [0.3, 0.4) is 0 Å². The van der Waals surface area contributed by atoms with Gasteiger partial charge in [0.05, 0.1) is 12.6 Å². The van der Waals surface area contributed by atoms with Gasteiger partial charge in [0, 0.05) is 25.6 Å². The highest BCUT2D eigenvalue weighted by Crippen LogP contribution is 2.19. The maximum Gasteiger partial charge on any atom is 0.387 e. The van der Waals surface area contributed by atoms with Crippen LogP contribution in [-0.2, 0) is 4.79 Å². The van der Waals surface area contributed by atoms with Crippen LogP contribution >= 0.6 is 24.0 Å². The van der Waals surface area contributed by atoms with Gasteiger partial charge < -0.3 is 25.8 Å². The van der Waals surface area contributed by atoms with Crippen LogP contribution in [0.2, 0.25) is 0 Å². The molecule has 0 radical (unpaired) electrons. The van der Waals surface area contributed by atoms with Crippen molar-refractivity contribution in [2.24, 2.45) is 4.99 Å². The van der Waals surface area contributed by atoms with Crippen LogP contribution in [0, 0.1) is 0 Å². The third-order valence-electron chi connectivity index (χ3n) is 4.87. The minimum Gasteiger partial charge on any atom is -0.435 e. The number of ether oxygens (including phenoxy) is 1. The van der Waals surface area contributed by atoms with Gasteiger partial charge in [-0.05, 0) is 37.5 Å². The fourth-order valence-electron chi connectivity index (χ4n) is 3.34. The number of carbonyl (C=O) groups is 1. The number of hydrogen-bond donors (Lipinski definition) is 4. The van der Waals surface area contributed by atoms with Crippen molar-refractivity contribution in [2.75, 3.05) is 19.6 Å². The Morgan fingerprint density at radius 3 is 2.48 bits per heavy atom. The number of nitrogens with zero attached hydrogens (tertiary/aromatic N) is 1. The number of hydrogen-bond acceptors (Lipinski definition) is 4. The van der Waals surface area contributed by atoms with E-state index in [9.17, 15) is 18.7 Å². The minimum atomic E-state index is -2.89. The maximum absolute atomic E-state index is 12.2. The first-order valence-electron chi connectivity index (χ1n) is 10.5. The maximum atomic E-state index is 12.2. The molecule has 0 spiro atoms. The van der Waals surface area contributed by atoms with E-state index in [4.69, 9.17) is 0 Å². The summed E-state index contributed by atoms with van der Waals surface area (Å²) in [7, 11) is 0. The minimum absolute atomic E-state index is 0. The highest BCUT2D eigenvalue weighted by molar-refractivity contribution is 14.0. The van der Waals surface area contributed by atoms with Crippen molar-refractivity contribution in [1.82, 2.24) is 16.0 Å². The molecule has 1 unspecified atom stereocenters. The Balaban J connectivity index is 0.00000480. The molecule has 0 bridgehead atoms. The number of aliphatic hydroxyl groups is 1. The summed E-state index contributed by atoms with van der Waals surface area (Å²) in [4.78, 5) is 16.4. The van der Waals surface area contributed by atoms with E-state index in [0.717, 1.165) is 12.8 Å². The van der Waals surface area contributed by atoms with Gasteiger partial charge in [0.2, 0.25) is 5.91 Å². The smallest absolute Gasteiger partial charge is 0.387 e. The third-order valence-corrected chi connectivity index (χ3v) is 4.87. The number of benzene rings is 1. The summed E-state index contributed by atoms with van der Waals surface area (Å²) in [5.41, 5.74) is 0.545. The summed E-state index contributed by atoms with van der Waals surface area (Å²) in [6, 6.07) is 6.09. The second kappa shape index (κ2) is 15.2. The van der Waals surface area contributed by atoms with E-state index >= 15 is 0 Å². The fraction of sp³-hybridized carbons (Fsp3) is 0.619. The molecule has 1 aliphatic rings. The number of aliphatic imine (C=N–C) groups is 1. The van der Waals surface area contributed by atoms with Gasteiger partial charge in [-0.15, -0.1) is 24.0 Å². The van der Waals surface area contributed by atoms with Gasteiger partial charge >= 0.3 is 6.61 Å². The summed E-state index contributed by atoms with van der Waals surface area (Å²) in [6.07, 6.45) is 5.14. The highest BCUT2D eigenvalue weighted by atomic mass is 127. The number of guanidine groups is 1. The van der Waals surface area contributed by atoms with Gasteiger partial charge in [-0.1, -0.05) is 31.4 Å². The van der Waals surface area contributed by atoms with Crippen LogP contribution in [0.25, 0.3) is 0 Å². The predicted molar refractivity (Wildman–Crippen MR) is 127 cm³/mol. The van der Waals surface area contributed by atoms with E-state index in [1.807, 2.05) is 6.92 Å². The lowest BCUT2D eigenvalue weighted by molar-refractivity contribution is -0.121. The first kappa shape index (κ1) is 27.3. The number of aliphatic hydroxyl groups excluding tert-OH is 1. The number of alkyl halides is 2. The second-order valence-electron chi connectivity index (χ2n) is 7.26. The van der Waals surface area contributed by atoms with Gasteiger partial charge in [0.25, 0.3) is 0 Å². The molecule has 2 rings (SSSR count). The van der Waals surface area contributed by atoms with Crippen LogP contribution < -0.4 is 20.7 Å². The van der Waals surface area contributed by atoms with E-state index in [1.165, 1.54) is 43.5 Å². The molecule has 0 heterocycles. The molecular weight excluding hydrogens is 521 g/mol. The van der Waals surface area contributed by atoms with Crippen molar-refractivity contribution in [3.8, 4) is 5.75 Å². The van der Waals surface area contributed by atoms with Gasteiger partial charge in [-0.3, -0.25) is 9.79 Å². The number of halogens is 3. The van der Waals surface area contributed by atoms with E-state index in [-0.39, 0.29) is 42.2 Å². The van der Waals surface area contributed by atoms with Gasteiger partial charge in [0.15, 0.2) is 5.96 Å². The van der Waals surface area contributed by atoms with Crippen molar-refractivity contribution < 1.29 is 23.4 Å². The molecule has 0 aliphatic heterocycles. The van der Waals surface area contributed by atoms with Crippen molar-refractivity contribution in [3.63, 3.8) is 0 Å². The normalized spacial score (nSPS) is 15.7. The van der Waals surface area contributed by atoms with Crippen molar-refractivity contribution >= 4 is 35.8 Å². The molecule has 31 heavy (non-hydrogen) atoms. The molecule has 0 saturated heterocycles. The molecule has 7 nitrogen and oxygen atoms in total. The number of carbonyl (C=O) groups excluding carboxylic acids is 1. The largest absolute Gasteiger partial charge is 0.435 e. The molecule has 1 amide bonds. The second-order valence-corrected chi connectivity index (χ2v) is 7.26. The lowest BCUT2D eigenvalue weighted by Gasteiger charge is -2.22. The summed E-state index contributed by atoms with van der Waals surface area (Å²) < 4.78 is 28.7. The van der Waals surface area contributed by atoms with Crippen LogP contribution in [-0.4, -0.2) is 49.3 Å². The SMILES string of the molecule is CCNC(=NCC(O)c1ccc(OC(F)F)cc1)NCCC(=O)NC1CCCCC1.I. The first-order valence-corrected chi connectivity index (χ1v) is 10.5. The Morgan fingerprint density at radius 2 is 1.87 bits per heavy atom. The molecule has 0 aromatic heterocycles. The van der Waals surface area contributed by atoms with Crippen molar-refractivity contribution in [1.29, 1.82) is 0 Å². The molecule has 1 atom stereocenters. The zero-order valence-electron chi connectivity index (χ0n) is 17.8. The number of rotatable bonds is 10. The zero-order valence-corrected chi connectivity index (χ0v) is 20.1. The van der Waals surface area contributed by atoms with Gasteiger partial charge in [-0.2, -0.15) is 8.78 Å². The average molecular weight is 554 g/mol. The average Bonchev–Trinajstić information content (AvgIpc) is 2.72. The Bertz CT molecular complexity index is 671. The van der Waals surface area contributed by atoms with E-state index < -0.39 is 12.7 Å². The Kier molecular flexibility index (Phi) is 13.4. The topological polar surface area (TPSA) is 95.0 Å². The molecule has 1 fully saturated rings. The van der Waals surface area contributed by atoms with E-state index in [1.54, 1.807) is 0 Å². The van der Waals surface area contributed by atoms with Crippen molar-refractivity contribution in [3.05, 3.63) is 29.8 Å². The van der Waals surface area contributed by atoms with Crippen LogP contribution in [0.1, 0.15) is 57.1 Å². The molecule has 176 valence electrons. The van der Waals surface area contributed by atoms with Crippen LogP contribution in [0.5, 0.6) is 5.75 Å². The molecule has 1 aromatic rings. The molecule has 10 heteroatoms. The van der Waals surface area contributed by atoms with Gasteiger partial charge in [-0.25, -0.2) is 0 Å². The number of nitrogens with one attached hydrogen (secondary N) is 3. The van der Waals surface area contributed by atoms with E-state index in [2.05, 4.69) is 25.7 Å². The molecule has 1 aromatic carbocycles. The molecule has 4 N–H and O–H groups in total. The first-order chi connectivity index (χ1) is 14.5. The summed E-state index contributed by atoms with van der Waals surface area (Å²) in [5.74, 6) is 0.557. The van der Waals surface area contributed by atoms with E-state index in [0.29, 0.717) is 37.1 Å². The summed E-state index contributed by atoms with van der Waals surface area (Å²) in [6.45, 7) is 0.184. The molecule has 1 saturated carbocycles. The highest BCUT2D eigenvalue weighted by Gasteiger charge is 2.15. The Labute approximate surface area is 199 Å². The van der Waals surface area contributed by atoms with Crippen LogP contribution in [0.4, 0.5) is 8.78 Å².